The van der Waals surface area contributed by atoms with Gasteiger partial charge in [-0.2, -0.15) is 0 Å². The number of ketones is 2. The van der Waals surface area contributed by atoms with Gasteiger partial charge in [0.1, 0.15) is 40.5 Å². The van der Waals surface area contributed by atoms with E-state index >= 15 is 4.39 Å². The molecule has 2 aromatic heterocycles. The lowest BCUT2D eigenvalue weighted by atomic mass is 9.56. The van der Waals surface area contributed by atoms with Crippen LogP contribution in [0.5, 0.6) is 0 Å². The predicted molar refractivity (Wildman–Crippen MR) is 398 cm³/mol. The van der Waals surface area contributed by atoms with Crippen LogP contribution in [0.4, 0.5) is 14.5 Å². The standard InChI is InChI=1S/C38H56N6O5.C22H31NO6.C19H18ClF2N3O3.CH4/c1-6-11-29(23(2)34(46)41-26-16-17-26)42-36(48)33-27-15-10-14-25(27)22-44(33)37(49)28(38(3,4)5)20-31(45)32(24-12-8-7-9-13-24)43-35(47)30-21-39-18-19-40-30;1-11-6-15-19(27,16(11)26)8-14(10-24)9-20(23)17-18(4,5)21(17,29-13(3)25)7-12(2)22(15,20)28;20-14-15-8(17(26)9(18(27)28)5-25(15)12-4-10(12)21)3-11(22)16(14)24-6-13(23)19(7-24)1-2-19;/h18-19,21,24-29,32-33H,2,6-17,20,22H2,1,3-5H3,(H,41,46)(H,42,48)(H,43,47);6,9,12,15,17,24,27-28H,7-8,10,23H2,1-5H3;3,5,10,12-13H,1-2,4,6-7,23H2,(H,27,28);1H4/t25-,27-,28+,29-,32-,33-;12-,15-,17+,19-,20-,21+,22+;10-,12?,13+;/m010./s1. The van der Waals surface area contributed by atoms with Gasteiger partial charge in [-0.25, -0.2) is 18.6 Å². The smallest absolute Gasteiger partial charge is 0.341 e. The summed E-state index contributed by atoms with van der Waals surface area (Å²) in [6.45, 7) is 21.8. The summed E-state index contributed by atoms with van der Waals surface area (Å²) in [6, 6.07) is -1.46. The Kier molecular flexibility index (Phi) is 22.5. The predicted octanol–water partition coefficient (Wildman–Crippen LogP) is 8.47. The van der Waals surface area contributed by atoms with Gasteiger partial charge in [0.25, 0.3) is 5.91 Å². The minimum atomic E-state index is -1.86. The molecule has 2 saturated heterocycles. The van der Waals surface area contributed by atoms with E-state index < -0.39 is 134 Å². The molecule has 9 aliphatic carbocycles. The van der Waals surface area contributed by atoms with Crippen LogP contribution >= 0.6 is 11.6 Å². The summed E-state index contributed by atoms with van der Waals surface area (Å²) in [4.78, 5) is 130. The first-order chi connectivity index (χ1) is 49.8. The average Bonchev–Trinajstić information content (AvgIpc) is 1.46. The Labute approximate surface area is 629 Å². The number of ether oxygens (including phenoxy) is 1. The number of carbonyl (C=O) groups excluding carboxylic acids is 7. The van der Waals surface area contributed by atoms with Gasteiger partial charge in [0.15, 0.2) is 11.6 Å². The van der Waals surface area contributed by atoms with Crippen molar-refractivity contribution >= 4 is 75.3 Å². The maximum absolute atomic E-state index is 15.0. The molecular weight excluding hydrogens is 1400 g/mol. The number of nitrogens with two attached hydrogens (primary N) is 2. The number of esters is 1. The van der Waals surface area contributed by atoms with E-state index in [0.29, 0.717) is 49.2 Å². The van der Waals surface area contributed by atoms with Crippen LogP contribution in [0.2, 0.25) is 5.02 Å². The number of fused-ring (bicyclic) bond motifs is 7. The van der Waals surface area contributed by atoms with Gasteiger partial charge in [-0.15, -0.1) is 0 Å². The van der Waals surface area contributed by atoms with Gasteiger partial charge in [-0.1, -0.05) is 118 Å². The molecule has 1 spiro atoms. The second-order valence-electron chi connectivity index (χ2n) is 34.3. The number of carbonyl (C=O) groups is 8. The summed E-state index contributed by atoms with van der Waals surface area (Å²) in [5.74, 6) is -6.63. The first kappa shape index (κ1) is 80.6. The van der Waals surface area contributed by atoms with Crippen molar-refractivity contribution < 1.29 is 72.3 Å². The van der Waals surface area contributed by atoms with Crippen LogP contribution in [-0.2, 0) is 33.5 Å². The number of aliphatic hydroxyl groups excluding tert-OH is 1. The summed E-state index contributed by atoms with van der Waals surface area (Å²) >= 11 is 6.56. The first-order valence-electron chi connectivity index (χ1n) is 38.0. The molecule has 11 aliphatic rings. The molecule has 14 rings (SSSR count). The number of aliphatic hydroxyl groups is 3. The maximum Gasteiger partial charge on any atom is 0.341 e. The molecule has 4 heterocycles. The number of hydrogen-bond donors (Lipinski definition) is 9. The Bertz CT molecular complexity index is 4190. The van der Waals surface area contributed by atoms with E-state index in [-0.39, 0.29) is 113 Å². The van der Waals surface area contributed by atoms with Crippen LogP contribution in [0.25, 0.3) is 10.9 Å². The van der Waals surface area contributed by atoms with Crippen molar-refractivity contribution in [2.75, 3.05) is 31.1 Å². The van der Waals surface area contributed by atoms with Crippen molar-refractivity contribution in [3.8, 4) is 0 Å². The Morgan fingerprint density at radius 2 is 1.65 bits per heavy atom. The van der Waals surface area contributed by atoms with Crippen LogP contribution in [0.15, 0.2) is 71.1 Å². The molecule has 1 aromatic carbocycles. The third-order valence-electron chi connectivity index (χ3n) is 26.0. The zero-order chi connectivity index (χ0) is 77.0. The Balaban J connectivity index is 0.000000169. The fourth-order valence-electron chi connectivity index (χ4n) is 19.9. The van der Waals surface area contributed by atoms with E-state index in [1.54, 1.807) is 28.9 Å². The normalized spacial score (nSPS) is 31.9. The highest BCUT2D eigenvalue weighted by Gasteiger charge is 2.87. The fraction of sp³-hybridized carbons (Fsp3) is 0.662. The van der Waals surface area contributed by atoms with Crippen molar-refractivity contribution in [1.29, 1.82) is 0 Å². The van der Waals surface area contributed by atoms with E-state index in [9.17, 15) is 68.0 Å². The van der Waals surface area contributed by atoms with E-state index in [2.05, 4.69) is 32.5 Å². The first-order valence-corrected chi connectivity index (χ1v) is 38.3. The Hall–Kier alpha value is -7.36. The second-order valence-corrected chi connectivity index (χ2v) is 34.7. The molecule has 107 heavy (non-hydrogen) atoms. The quantitative estimate of drug-likeness (QED) is 0.0308. The number of amides is 4. The molecule has 27 heteroatoms. The van der Waals surface area contributed by atoms with Gasteiger partial charge in [-0.05, 0) is 117 Å². The fourth-order valence-corrected chi connectivity index (χ4v) is 20.3. The highest BCUT2D eigenvalue weighted by atomic mass is 35.5. The van der Waals surface area contributed by atoms with Gasteiger partial charge in [0.2, 0.25) is 23.2 Å². The number of hydrogen-bond acceptors (Lipinski definition) is 18. The molecule has 3 aromatic rings. The van der Waals surface area contributed by atoms with E-state index in [4.69, 9.17) is 27.8 Å². The number of Topliss-reactive ketones (excluding diaryl/α,β-unsaturated/α-hetero) is 2. The minimum absolute atomic E-state index is 0. The number of halogens is 3. The molecular formula is C80H109ClF2N10O14. The van der Waals surface area contributed by atoms with Crippen molar-refractivity contribution in [2.24, 2.45) is 69.1 Å². The molecule has 0 bridgehead atoms. The molecule has 7 saturated carbocycles. The number of anilines is 1. The van der Waals surface area contributed by atoms with Gasteiger partial charge in [-0.3, -0.25) is 43.3 Å². The van der Waals surface area contributed by atoms with Crippen molar-refractivity contribution in [1.82, 2.24) is 35.4 Å². The second kappa shape index (κ2) is 29.8. The number of pyridine rings is 1. The molecule has 24 nitrogen and oxygen atoms in total. The summed E-state index contributed by atoms with van der Waals surface area (Å²) in [5, 5.41) is 51.9. The highest BCUT2D eigenvalue weighted by Crippen LogP contribution is 2.77. The lowest BCUT2D eigenvalue weighted by molar-refractivity contribution is -0.191. The number of likely N-dealkylation sites (tertiary alicyclic amines) is 1. The van der Waals surface area contributed by atoms with Crippen LogP contribution in [0, 0.1) is 63.5 Å². The van der Waals surface area contributed by atoms with Crippen LogP contribution in [-0.4, -0.2) is 172 Å². The lowest BCUT2D eigenvalue weighted by Gasteiger charge is -2.55. The minimum Gasteiger partial charge on any atom is -0.477 e. The Morgan fingerprint density at radius 3 is 2.23 bits per heavy atom. The number of alkyl halides is 1. The molecule has 4 amide bonds. The topological polar surface area (TPSA) is 369 Å². The zero-order valence-electron chi connectivity index (χ0n) is 62.3. The van der Waals surface area contributed by atoms with E-state index in [1.807, 2.05) is 48.5 Å². The van der Waals surface area contributed by atoms with E-state index in [1.165, 1.54) is 30.1 Å². The number of nitrogens with zero attached hydrogens (tertiary/aromatic N) is 5. The SMILES string of the molecule is C.C=C(C(=O)NC1CC1)[C@H](CCC)NC(=O)[C@@H]1[C@H]2CCC[C@H]2CN1C(=O)[C@@H](CC(=O)[C@@H](NC(=O)c1cnccn1)C1CCCCC1)C(C)(C)C.CC(=O)O[C@@]12C[C@@H](C)[C@]3(O)[C@@H]4C=C(C)C(=O)[C@@]4(O)CC(CO)=C[C@@]3(N)[C@@H]1C2(C)C.N[C@@H]1CN(c2c(F)cc3c(=O)c(C(=O)O)cn(C4C[C@@H]4F)c3c2Cl)CC12CC2. The monoisotopic (exact) mass is 1510 g/mol. The number of carboxylic acids is 1. The lowest BCUT2D eigenvalue weighted by Crippen LogP contribution is -2.73. The van der Waals surface area contributed by atoms with E-state index in [0.717, 1.165) is 95.7 Å². The summed E-state index contributed by atoms with van der Waals surface area (Å²) in [7, 11) is 0. The van der Waals surface area contributed by atoms with Crippen LogP contribution < -0.4 is 37.7 Å². The number of benzene rings is 1. The maximum atomic E-state index is 15.0. The summed E-state index contributed by atoms with van der Waals surface area (Å²) in [6.07, 6.45) is 20.7. The van der Waals surface area contributed by atoms with Gasteiger partial charge in [0, 0.05) is 111 Å². The number of carboxylic acid groups (broad SMARTS) is 1. The third-order valence-corrected chi connectivity index (χ3v) is 26.3. The molecule has 584 valence electrons. The number of nitrogens with one attached hydrogen (secondary N) is 3. The van der Waals surface area contributed by atoms with Gasteiger partial charge in [0.05, 0.1) is 63.7 Å². The summed E-state index contributed by atoms with van der Waals surface area (Å²) < 4.78 is 36.0. The number of aromatic nitrogens is 3. The van der Waals surface area contributed by atoms with Crippen molar-refractivity contribution in [3.05, 3.63) is 98.6 Å². The zero-order valence-corrected chi connectivity index (χ0v) is 63.0. The molecule has 11 N–H and O–H groups in total. The average molecular weight is 1510 g/mol. The number of rotatable bonds is 19. The van der Waals surface area contributed by atoms with Crippen LogP contribution in [0.3, 0.4) is 0 Å². The van der Waals surface area contributed by atoms with Crippen molar-refractivity contribution in [3.63, 3.8) is 0 Å². The molecule has 2 aliphatic heterocycles. The van der Waals surface area contributed by atoms with Gasteiger partial charge < -0.3 is 66.9 Å². The summed E-state index contributed by atoms with van der Waals surface area (Å²) in [5.41, 5.74) is 6.55. The van der Waals surface area contributed by atoms with Crippen molar-refractivity contribution in [2.45, 2.75) is 250 Å². The molecule has 0 radical (unpaired) electrons. The molecule has 16 atom stereocenters. The third kappa shape index (κ3) is 14.4. The highest BCUT2D eigenvalue weighted by molar-refractivity contribution is 6.38. The molecule has 9 fully saturated rings. The Morgan fingerprint density at radius 1 is 0.972 bits per heavy atom. The van der Waals surface area contributed by atoms with Crippen LogP contribution in [0.1, 0.15) is 212 Å². The molecule has 1 unspecified atom stereocenters. The van der Waals surface area contributed by atoms with Gasteiger partial charge >= 0.3 is 11.9 Å². The largest absolute Gasteiger partial charge is 0.477 e. The number of aromatic carboxylic acids is 1.